The van der Waals surface area contributed by atoms with Crippen LogP contribution in [-0.4, -0.2) is 182 Å². The summed E-state index contributed by atoms with van der Waals surface area (Å²) in [5.74, 6) is 6.78. The van der Waals surface area contributed by atoms with E-state index in [4.69, 9.17) is 78.7 Å². The van der Waals surface area contributed by atoms with Gasteiger partial charge in [0, 0.05) is 16.7 Å². The number of aryl methyl sites for hydroxylation is 2. The monoisotopic (exact) mass is 1510 g/mol. The number of hydrogen-bond acceptors (Lipinski definition) is 35. The van der Waals surface area contributed by atoms with Crippen molar-refractivity contribution in [2.45, 2.75) is 45.9 Å². The number of alkyl halides is 1. The first-order valence-electron chi connectivity index (χ1n) is 29.9. The highest BCUT2D eigenvalue weighted by atomic mass is 79.9. The van der Waals surface area contributed by atoms with Crippen LogP contribution in [0.2, 0.25) is 0 Å². The van der Waals surface area contributed by atoms with E-state index in [0.29, 0.717) is 115 Å². The molecule has 0 unspecified atom stereocenters. The van der Waals surface area contributed by atoms with Gasteiger partial charge in [0.25, 0.3) is 23.6 Å². The molecule has 2 aliphatic rings. The lowest BCUT2D eigenvalue weighted by Gasteiger charge is -2.15. The van der Waals surface area contributed by atoms with Crippen molar-refractivity contribution >= 4 is 52.1 Å². The first-order valence-corrected chi connectivity index (χ1v) is 31.0. The first kappa shape index (κ1) is 82.5. The molecule has 0 saturated carbocycles. The van der Waals surface area contributed by atoms with E-state index in [0.717, 1.165) is 21.9 Å². The molecule has 7 aromatic heterocycles. The van der Waals surface area contributed by atoms with Gasteiger partial charge < -0.3 is 52.2 Å². The highest BCUT2D eigenvalue weighted by Gasteiger charge is 2.37. The van der Waals surface area contributed by atoms with E-state index in [9.17, 15) is 24.0 Å². The molecule has 0 bridgehead atoms. The quantitative estimate of drug-likeness (QED) is 0.0189. The lowest BCUT2D eigenvalue weighted by molar-refractivity contribution is -0.102. The number of carbonyl (C=O) groups excluding carboxylic acids is 5. The zero-order chi connectivity index (χ0) is 77.0. The Labute approximate surface area is 608 Å². The molecule has 0 atom stereocenters. The minimum absolute atomic E-state index is 0.0700. The number of fused-ring (bicyclic) bond motifs is 2. The average molecular weight is 1510 g/mol. The number of ether oxygens (including phenoxy) is 10. The molecule has 3 N–H and O–H groups in total. The molecule has 37 nitrogen and oxygen atoms in total. The molecule has 0 radical (unpaired) electrons. The molecule has 9 aromatic rings. The Bertz CT molecular complexity index is 4390. The number of rotatable bonds is 21. The summed E-state index contributed by atoms with van der Waals surface area (Å²) in [7, 11) is 15.1. The van der Waals surface area contributed by atoms with Gasteiger partial charge in [0.1, 0.15) is 67.2 Å². The number of methoxy groups -OCH3 is 10. The summed E-state index contributed by atoms with van der Waals surface area (Å²) < 4.78 is 50.4. The van der Waals surface area contributed by atoms with Crippen LogP contribution in [0, 0.1) is 43.4 Å². The van der Waals surface area contributed by atoms with Crippen LogP contribution in [0.3, 0.4) is 0 Å². The van der Waals surface area contributed by atoms with Crippen LogP contribution in [0.5, 0.6) is 58.8 Å². The maximum Gasteiger partial charge on any atom is 0.285 e. The van der Waals surface area contributed by atoms with Gasteiger partial charge in [0.15, 0.2) is 12.9 Å². The zero-order valence-corrected chi connectivity index (χ0v) is 60.2. The Kier molecular flexibility index (Phi) is 33.7. The molecule has 4 amide bonds. The predicted molar refractivity (Wildman–Crippen MR) is 368 cm³/mol. The number of halogens is 1. The summed E-state index contributed by atoms with van der Waals surface area (Å²) in [5.41, 5.74) is 7.53. The highest BCUT2D eigenvalue weighted by Crippen LogP contribution is 2.30. The van der Waals surface area contributed by atoms with E-state index in [1.165, 1.54) is 98.7 Å². The lowest BCUT2D eigenvalue weighted by atomic mass is 10.1. The first-order chi connectivity index (χ1) is 50.8. The standard InChI is InChI=1S/C15H15N5O3.C15H13N3O5.C8H6N2O.C8H5NO3.C7H9BrN2O2.C7H11N3O3.C7H10N2O2/c1-10-4-11(6-16)5-12(20-10)7-19-23-8-13-14(21-2)17-9-18-15(13)22-3;1-21-12-11(13(22-2)17-8-16-12)7-23-18-14(19)9-5-3-4-6-10(9)15(18)20;1-6-2-7(4-9)3-8(5-11)10-6;10-7-5-3-1-2-4-6(5)8(11)9(7)12;1-11-6-5(3-8)7(12-2)10-4-9-6;1-11-6-5(3-13-8)7(12-2)10-4-9-6;1-5-6(10-2)8-4-9-7(5)11-3/h4-5,7,9H,8H2,1-3H3;3-6,8H,7H2,1-2H3;2-3,5H,1H3;1-4,12H;4H,3H2,1-2H3;4H,3,8H2,1-2H3;4H,1-3H3/b19-7+;;;;;;. The number of hydrogen-bond donors (Lipinski definition) is 2. The zero-order valence-electron chi connectivity index (χ0n) is 58.7. The maximum absolute atomic E-state index is 12.2. The fourth-order valence-electron chi connectivity index (χ4n) is 8.76. The van der Waals surface area contributed by atoms with Gasteiger partial charge in [-0.2, -0.15) is 10.5 Å². The molecular formula is C67H69BrN18O19. The van der Waals surface area contributed by atoms with Gasteiger partial charge in [-0.25, -0.2) is 55.7 Å². The SMILES string of the molecule is COc1ncnc(OC)c1C.COc1ncnc(OC)c1CBr.COc1ncnc(OC)c1CO/N=C/c1cc(C#N)cc(C)n1.COc1ncnc(OC)c1CON.COc1ncnc(OC)c1CON1C(=O)c2ccccc2C1=O.Cc1cc(C#N)cc(C=O)n1.O=C1c2ccccc2C(=O)N1O. The van der Waals surface area contributed by atoms with Crippen LogP contribution in [-0.2, 0) is 39.7 Å². The van der Waals surface area contributed by atoms with Crippen molar-refractivity contribution < 1.29 is 91.1 Å². The number of oxime groups is 1. The third kappa shape index (κ3) is 22.7. The van der Waals surface area contributed by atoms with Crippen LogP contribution in [0.1, 0.15) is 108 Å². The number of pyridine rings is 2. The molecule has 38 heteroatoms. The van der Waals surface area contributed by atoms with Crippen LogP contribution in [0.4, 0.5) is 0 Å². The van der Waals surface area contributed by atoms with Gasteiger partial charge in [-0.15, -0.1) is 10.1 Å². The summed E-state index contributed by atoms with van der Waals surface area (Å²) in [6.07, 6.45) is 8.84. The van der Waals surface area contributed by atoms with Crippen molar-refractivity contribution in [3.8, 4) is 70.9 Å². The normalized spacial score (nSPS) is 11.1. The van der Waals surface area contributed by atoms with Crippen LogP contribution in [0.25, 0.3) is 0 Å². The van der Waals surface area contributed by atoms with Crippen molar-refractivity contribution in [1.29, 1.82) is 10.5 Å². The third-order valence-electron chi connectivity index (χ3n) is 13.4. The number of nitriles is 2. The molecule has 2 aromatic carbocycles. The molecule has 0 saturated heterocycles. The molecule has 9 heterocycles. The van der Waals surface area contributed by atoms with Gasteiger partial charge >= 0.3 is 0 Å². The number of imide groups is 2. The van der Waals surface area contributed by atoms with Crippen molar-refractivity contribution in [1.82, 2.24) is 69.9 Å². The second kappa shape index (κ2) is 42.8. The van der Waals surface area contributed by atoms with Gasteiger partial charge in [0.2, 0.25) is 58.8 Å². The maximum atomic E-state index is 12.2. The van der Waals surface area contributed by atoms with E-state index in [-0.39, 0.29) is 47.8 Å². The summed E-state index contributed by atoms with van der Waals surface area (Å²) in [5, 5.41) is 31.6. The average Bonchev–Trinajstić information content (AvgIpc) is 1.63. The van der Waals surface area contributed by atoms with Crippen LogP contribution in [0.15, 0.2) is 110 Å². The minimum Gasteiger partial charge on any atom is -0.481 e. The predicted octanol–water partition coefficient (Wildman–Crippen LogP) is 6.66. The van der Waals surface area contributed by atoms with E-state index in [2.05, 4.69) is 91.8 Å². The van der Waals surface area contributed by atoms with E-state index in [1.807, 2.05) is 13.0 Å². The van der Waals surface area contributed by atoms with E-state index in [1.54, 1.807) is 96.9 Å². The number of aldehydes is 1. The minimum atomic E-state index is -0.657. The number of hydroxylamine groups is 4. The number of aromatic nitrogens is 12. The number of amides is 4. The molecule has 0 fully saturated rings. The molecule has 0 aliphatic carbocycles. The second-order valence-electron chi connectivity index (χ2n) is 19.8. The molecule has 548 valence electrons. The Hall–Kier alpha value is -13.1. The third-order valence-corrected chi connectivity index (χ3v) is 14.0. The van der Waals surface area contributed by atoms with E-state index >= 15 is 0 Å². The lowest BCUT2D eigenvalue weighted by Crippen LogP contribution is -2.30. The van der Waals surface area contributed by atoms with Crippen molar-refractivity contribution in [3.63, 3.8) is 0 Å². The largest absolute Gasteiger partial charge is 0.481 e. The fourth-order valence-corrected chi connectivity index (χ4v) is 9.24. The van der Waals surface area contributed by atoms with Gasteiger partial charge in [-0.05, 0) is 69.3 Å². The number of benzene rings is 2. The Morgan fingerprint density at radius 2 is 0.781 bits per heavy atom. The molecule has 105 heavy (non-hydrogen) atoms. The molecule has 2 aliphatic heterocycles. The summed E-state index contributed by atoms with van der Waals surface area (Å²) in [6.45, 7) is 5.45. The second-order valence-corrected chi connectivity index (χ2v) is 20.4. The topological polar surface area (TPSA) is 473 Å². The van der Waals surface area contributed by atoms with Gasteiger partial charge in [-0.3, -0.25) is 48.8 Å². The number of nitrogens with two attached hydrogens (primary N) is 1. The van der Waals surface area contributed by atoms with Crippen molar-refractivity contribution in [3.05, 3.63) is 188 Å². The van der Waals surface area contributed by atoms with Crippen molar-refractivity contribution in [2.75, 3.05) is 71.1 Å². The smallest absolute Gasteiger partial charge is 0.285 e. The highest BCUT2D eigenvalue weighted by molar-refractivity contribution is 9.08. The summed E-state index contributed by atoms with van der Waals surface area (Å²) >= 11 is 3.30. The van der Waals surface area contributed by atoms with Crippen LogP contribution < -0.4 is 53.3 Å². The van der Waals surface area contributed by atoms with Gasteiger partial charge in [-0.1, -0.05) is 45.4 Å². The summed E-state index contributed by atoms with van der Waals surface area (Å²) in [6, 6.07) is 23.2. The Morgan fingerprint density at radius 1 is 0.467 bits per heavy atom. The Morgan fingerprint density at radius 3 is 1.11 bits per heavy atom. The molecule has 0 spiro atoms. The molecular weight excluding hydrogens is 1440 g/mol. The Balaban J connectivity index is 0.000000226. The van der Waals surface area contributed by atoms with Gasteiger partial charge in [0.05, 0.1) is 140 Å². The summed E-state index contributed by atoms with van der Waals surface area (Å²) in [4.78, 5) is 119. The van der Waals surface area contributed by atoms with Crippen molar-refractivity contribution in [2.24, 2.45) is 11.1 Å². The number of nitrogens with zero attached hydrogens (tertiary/aromatic N) is 17. The fraction of sp³-hybridized carbons (Fsp3) is 0.254. The molecule has 11 rings (SSSR count). The number of carbonyl (C=O) groups is 5. The van der Waals surface area contributed by atoms with Crippen LogP contribution >= 0.6 is 15.9 Å². The van der Waals surface area contributed by atoms with E-state index < -0.39 is 23.6 Å².